The Morgan fingerprint density at radius 3 is 1.77 bits per heavy atom. The number of fused-ring (bicyclic) bond motifs is 3. The zero-order chi connectivity index (χ0) is 28.7. The van der Waals surface area contributed by atoms with Gasteiger partial charge in [0.15, 0.2) is 0 Å². The van der Waals surface area contributed by atoms with E-state index in [1.54, 1.807) is 0 Å². The first-order valence-electron chi connectivity index (χ1n) is 12.7. The molecule has 0 saturated carbocycles. The van der Waals surface area contributed by atoms with Crippen LogP contribution in [0, 0.1) is 0 Å². The number of carbonyl (C=O) groups excluding carboxylic acids is 1. The normalized spacial score (nSPS) is 17.1. The van der Waals surface area contributed by atoms with Crippen molar-refractivity contribution in [3.05, 3.63) is 59.7 Å². The third-order valence-corrected chi connectivity index (χ3v) is 10.2. The zero-order valence-corrected chi connectivity index (χ0v) is 27.6. The summed E-state index contributed by atoms with van der Waals surface area (Å²) in [4.78, 5) is 12.1. The first kappa shape index (κ1) is 31.7. The van der Waals surface area contributed by atoms with Crippen molar-refractivity contribution in [2.24, 2.45) is 0 Å². The summed E-state index contributed by atoms with van der Waals surface area (Å²) in [6.07, 6.45) is 0. The maximum Gasteiger partial charge on any atom is 0.291 e. The van der Waals surface area contributed by atoms with E-state index in [-0.39, 0.29) is 31.5 Å². The Morgan fingerprint density at radius 1 is 0.971 bits per heavy atom. The van der Waals surface area contributed by atoms with Crippen molar-refractivity contribution in [3.63, 3.8) is 0 Å². The summed E-state index contributed by atoms with van der Waals surface area (Å²) in [6.45, 7) is 13.5. The van der Waals surface area contributed by atoms with Gasteiger partial charge in [-0.15, -0.1) is 8.40 Å². The number of hydrogen-bond donors (Lipinski definition) is 0. The largest absolute Gasteiger partial charge is 0.473 e. The maximum atomic E-state index is 12.1. The molecule has 2 nitrogen and oxygen atoms in total. The first-order valence-corrected chi connectivity index (χ1v) is 16.4. The van der Waals surface area contributed by atoms with Gasteiger partial charge >= 0.3 is 0 Å². The highest BCUT2D eigenvalue weighted by Crippen LogP contribution is 2.44. The minimum Gasteiger partial charge on any atom is -0.473 e. The molecule has 0 spiro atoms. The minimum absolute atomic E-state index is 0.0289. The van der Waals surface area contributed by atoms with Gasteiger partial charge in [-0.2, -0.15) is 8.40 Å². The Balaban J connectivity index is 0.000000917. The quantitative estimate of drug-likeness (QED) is 0.121. The Morgan fingerprint density at radius 2 is 1.40 bits per heavy atom. The summed E-state index contributed by atoms with van der Waals surface area (Å²) in [5.74, 6) is -0.377. The van der Waals surface area contributed by atoms with Crippen LogP contribution < -0.4 is 0 Å². The van der Waals surface area contributed by atoms with Crippen molar-refractivity contribution < 1.29 is 9.53 Å². The third-order valence-electron chi connectivity index (χ3n) is 4.93. The van der Waals surface area contributed by atoms with E-state index in [9.17, 15) is 4.79 Å². The second-order valence-electron chi connectivity index (χ2n) is 7.15. The lowest BCUT2D eigenvalue weighted by atomic mass is 9.98. The highest BCUT2D eigenvalue weighted by atomic mass is 127. The molecule has 0 bridgehead atoms. The highest BCUT2D eigenvalue weighted by Gasteiger charge is 2.29. The molecular weight excluding hydrogens is 691 g/mol. The Labute approximate surface area is 252 Å². The number of alkyl halides is 2. The molecule has 35 heavy (non-hydrogen) atoms. The predicted molar refractivity (Wildman–Crippen MR) is 182 cm³/mol. The van der Waals surface area contributed by atoms with Gasteiger partial charge in [-0.05, 0) is 41.2 Å². The molecule has 1 aliphatic rings. The summed E-state index contributed by atoms with van der Waals surface area (Å²) in [6, 6.07) is 16.5. The van der Waals surface area contributed by atoms with Crippen molar-refractivity contribution >= 4 is 98.1 Å². The van der Waals surface area contributed by atoms with Gasteiger partial charge in [-0.1, -0.05) is 135 Å². The fraction of sp³-hybridized carbons (Fsp3) is 0.480. The Bertz CT molecular complexity index is 876. The molecule has 6 unspecified atom stereocenters. The molecule has 2 aromatic rings. The van der Waals surface area contributed by atoms with E-state index in [0.717, 1.165) is 0 Å². The van der Waals surface area contributed by atoms with Gasteiger partial charge in [0.25, 0.3) is 12.9 Å². The van der Waals surface area contributed by atoms with Gasteiger partial charge < -0.3 is 4.74 Å². The molecule has 0 aromatic heterocycles. The summed E-state index contributed by atoms with van der Waals surface area (Å²) in [7, 11) is 14.1. The summed E-state index contributed by atoms with van der Waals surface area (Å²) < 4.78 is 20.5. The third kappa shape index (κ3) is 12.3. The molecule has 1 aliphatic carbocycles. The maximum absolute atomic E-state index is 12.1. The zero-order valence-electron chi connectivity index (χ0n) is 23.5. The fourth-order valence-corrected chi connectivity index (χ4v) is 4.86. The average Bonchev–Trinajstić information content (AvgIpc) is 3.22. The molecule has 0 N–H and O–H groups in total. The topological polar surface area (TPSA) is 26.3 Å². The minimum atomic E-state index is -1.33. The molecular formula is C25H35B4I2O2P2. The number of carbonyl (C=O) groups is 1. The van der Waals surface area contributed by atoms with Crippen LogP contribution in [0.3, 0.4) is 0 Å². The van der Waals surface area contributed by atoms with Crippen LogP contribution in [0.1, 0.15) is 58.6 Å². The van der Waals surface area contributed by atoms with Crippen LogP contribution in [-0.4, -0.2) is 64.3 Å². The van der Waals surface area contributed by atoms with E-state index in [4.69, 9.17) is 30.6 Å². The predicted octanol–water partition coefficient (Wildman–Crippen LogP) is 7.67. The van der Waals surface area contributed by atoms with Gasteiger partial charge in [0.1, 0.15) is 14.2 Å². The second-order valence-corrected chi connectivity index (χ2v) is 12.5. The highest BCUT2D eigenvalue weighted by molar-refractivity contribution is 14.1. The van der Waals surface area contributed by atoms with Crippen molar-refractivity contribution in [2.75, 3.05) is 6.61 Å². The van der Waals surface area contributed by atoms with Gasteiger partial charge in [0, 0.05) is 8.48 Å². The van der Waals surface area contributed by atoms with Crippen LogP contribution in [0.4, 0.5) is 4.79 Å². The van der Waals surface area contributed by atoms with Crippen LogP contribution >= 0.6 is 62.0 Å². The van der Waals surface area contributed by atoms with E-state index in [1.807, 2.05) is 65.8 Å². The molecule has 183 valence electrons. The Kier molecular flexibility index (Phi) is 18.5. The van der Waals surface area contributed by atoms with E-state index in [0.29, 0.717) is 0 Å². The van der Waals surface area contributed by atoms with E-state index in [2.05, 4.69) is 69.4 Å². The molecule has 3 rings (SSSR count). The van der Waals surface area contributed by atoms with Crippen LogP contribution in [0.2, 0.25) is 0 Å². The monoisotopic (exact) mass is 729 g/mol. The van der Waals surface area contributed by atoms with E-state index < -0.39 is 22.7 Å². The lowest BCUT2D eigenvalue weighted by Gasteiger charge is -2.16. The average molecular weight is 729 g/mol. The molecule has 0 amide bonds. The lowest BCUT2D eigenvalue weighted by Crippen LogP contribution is -2.18. The molecule has 0 saturated heterocycles. The van der Waals surface area contributed by atoms with Crippen LogP contribution in [0.25, 0.3) is 11.1 Å². The van der Waals surface area contributed by atoms with Crippen molar-refractivity contribution in [2.45, 2.75) is 66.4 Å². The van der Waals surface area contributed by atoms with Crippen LogP contribution in [-0.2, 0) is 4.74 Å². The van der Waals surface area contributed by atoms with Crippen molar-refractivity contribution in [1.82, 2.24) is 0 Å². The molecule has 6 atom stereocenters. The molecule has 2 aromatic carbocycles. The molecule has 0 aliphatic heterocycles. The number of rotatable bonds is 8. The van der Waals surface area contributed by atoms with E-state index in [1.165, 1.54) is 29.3 Å². The molecule has 7 radical (unpaired) electrons. The number of halogens is 2. The van der Waals surface area contributed by atoms with Crippen LogP contribution in [0.15, 0.2) is 48.5 Å². The van der Waals surface area contributed by atoms with Crippen molar-refractivity contribution in [1.29, 1.82) is 2.56 Å². The summed E-state index contributed by atoms with van der Waals surface area (Å²) >= 11 is 4.16. The smallest absolute Gasteiger partial charge is 0.291 e. The van der Waals surface area contributed by atoms with Crippen LogP contribution in [0.5, 0.6) is 0 Å². The number of hydrogen-bond acceptors (Lipinski definition) is 2. The van der Waals surface area contributed by atoms with Gasteiger partial charge in [0.05, 0.1) is 15.7 Å². The number of benzene rings is 2. The lowest BCUT2D eigenvalue weighted by molar-refractivity contribution is 0.169. The second kappa shape index (κ2) is 20.5. The molecule has 0 fully saturated rings. The van der Waals surface area contributed by atoms with E-state index >= 15 is 0 Å². The van der Waals surface area contributed by atoms with Gasteiger partial charge in [0.2, 0.25) is 0 Å². The summed E-state index contributed by atoms with van der Waals surface area (Å²) in [5.41, 5.74) is 4.88. The standard InChI is InChI=1S/C18H17B2IO2P.C3H6B2IP.2C2H6/c1-11(17(19)21)24-20-18(22)23-10-16-14-8-4-2-6-12(14)13-7-3-5-9-15(13)16;1-2(7-5)3(4)6;2*1-2/h2-9,11,16-17,24H,10H2,1H3;2-3,7H,1H3;2*1-2H3/i24D;7D;;. The van der Waals surface area contributed by atoms with Gasteiger partial charge in [-0.3, -0.25) is 4.79 Å². The van der Waals surface area contributed by atoms with Crippen molar-refractivity contribution in [3.8, 4) is 11.1 Å². The van der Waals surface area contributed by atoms with Gasteiger partial charge in [-0.25, -0.2) is 0 Å². The fourth-order valence-electron chi connectivity index (χ4n) is 2.98. The molecule has 0 heterocycles. The molecule has 10 heteroatoms. The summed E-state index contributed by atoms with van der Waals surface area (Å²) in [5, 5.41) is 0. The Hall–Kier alpha value is 0.490. The SMILES string of the molecule is CC.CC.[2H]P([B])C(C)C([B])I.[2H]P([B]C(=O)OCC1c2ccccc2-c2ccccc21)C(C)C([B])I. The number of ether oxygens (including phenoxy) is 1. The first-order chi connectivity index (χ1) is 17.5.